The van der Waals surface area contributed by atoms with E-state index in [1.165, 1.54) is 12.8 Å². The van der Waals surface area contributed by atoms with Gasteiger partial charge in [-0.1, -0.05) is 11.6 Å². The van der Waals surface area contributed by atoms with Crippen molar-refractivity contribution in [3.8, 4) is 0 Å². The highest BCUT2D eigenvalue weighted by atomic mass is 32.2. The van der Waals surface area contributed by atoms with Crippen molar-refractivity contribution in [1.82, 2.24) is 9.62 Å². The van der Waals surface area contributed by atoms with Gasteiger partial charge < -0.3 is 5.32 Å². The van der Waals surface area contributed by atoms with E-state index < -0.39 is 10.0 Å². The van der Waals surface area contributed by atoms with Crippen molar-refractivity contribution in [2.24, 2.45) is 0 Å². The van der Waals surface area contributed by atoms with Crippen LogP contribution in [0.25, 0.3) is 0 Å². The molecule has 1 aliphatic heterocycles. The summed E-state index contributed by atoms with van der Waals surface area (Å²) in [5.74, 6) is 0. The Hall–Kier alpha value is -0.390. The standard InChI is InChI=1S/C12H22N2O2S/c1-10-4-3-7-14(9-10)17(15,16)11(2)8-13-12-5-6-12/h4,11-13H,3,5-9H2,1-2H3. The lowest BCUT2D eigenvalue weighted by Gasteiger charge is -2.28. The van der Waals surface area contributed by atoms with E-state index in [0.717, 1.165) is 12.0 Å². The molecule has 0 aromatic heterocycles. The van der Waals surface area contributed by atoms with Crippen molar-refractivity contribution in [1.29, 1.82) is 0 Å². The van der Waals surface area contributed by atoms with Crippen LogP contribution < -0.4 is 5.32 Å². The molecule has 0 bridgehead atoms. The maximum absolute atomic E-state index is 12.3. The normalized spacial score (nSPS) is 24.5. The molecule has 1 N–H and O–H groups in total. The second kappa shape index (κ2) is 5.08. The minimum absolute atomic E-state index is 0.325. The predicted molar refractivity (Wildman–Crippen MR) is 69.4 cm³/mol. The third-order valence-electron chi connectivity index (χ3n) is 3.44. The quantitative estimate of drug-likeness (QED) is 0.752. The van der Waals surface area contributed by atoms with E-state index in [9.17, 15) is 8.42 Å². The van der Waals surface area contributed by atoms with E-state index in [4.69, 9.17) is 0 Å². The highest BCUT2D eigenvalue weighted by Gasteiger charge is 2.31. The maximum Gasteiger partial charge on any atom is 0.218 e. The van der Waals surface area contributed by atoms with Crippen LogP contribution in [-0.2, 0) is 10.0 Å². The third kappa shape index (κ3) is 3.30. The number of hydrogen-bond acceptors (Lipinski definition) is 3. The van der Waals surface area contributed by atoms with Gasteiger partial charge in [0.25, 0.3) is 0 Å². The number of rotatable bonds is 5. The van der Waals surface area contributed by atoms with Gasteiger partial charge in [-0.25, -0.2) is 8.42 Å². The smallest absolute Gasteiger partial charge is 0.218 e. The highest BCUT2D eigenvalue weighted by Crippen LogP contribution is 2.20. The third-order valence-corrected chi connectivity index (χ3v) is 5.65. The molecular formula is C12H22N2O2S. The molecule has 2 aliphatic rings. The summed E-state index contributed by atoms with van der Waals surface area (Å²) in [7, 11) is -3.13. The van der Waals surface area contributed by atoms with Crippen molar-refractivity contribution < 1.29 is 8.42 Å². The van der Waals surface area contributed by atoms with Gasteiger partial charge in [0.05, 0.1) is 5.25 Å². The van der Waals surface area contributed by atoms with Gasteiger partial charge in [0, 0.05) is 25.7 Å². The summed E-state index contributed by atoms with van der Waals surface area (Å²) >= 11 is 0. The van der Waals surface area contributed by atoms with Gasteiger partial charge in [0.2, 0.25) is 10.0 Å². The van der Waals surface area contributed by atoms with Crippen LogP contribution in [0.3, 0.4) is 0 Å². The summed E-state index contributed by atoms with van der Waals surface area (Å²) in [6.07, 6.45) is 5.35. The molecule has 1 heterocycles. The first-order valence-electron chi connectivity index (χ1n) is 6.38. The first-order chi connectivity index (χ1) is 8.00. The molecule has 4 nitrogen and oxygen atoms in total. The minimum Gasteiger partial charge on any atom is -0.313 e. The number of sulfonamides is 1. The van der Waals surface area contributed by atoms with Crippen LogP contribution >= 0.6 is 0 Å². The number of nitrogens with zero attached hydrogens (tertiary/aromatic N) is 1. The Balaban J connectivity index is 1.93. The lowest BCUT2D eigenvalue weighted by atomic mass is 10.2. The van der Waals surface area contributed by atoms with Gasteiger partial charge in [-0.15, -0.1) is 0 Å². The van der Waals surface area contributed by atoms with Gasteiger partial charge in [0.15, 0.2) is 0 Å². The van der Waals surface area contributed by atoms with Gasteiger partial charge in [-0.05, 0) is 33.1 Å². The van der Waals surface area contributed by atoms with Gasteiger partial charge in [-0.2, -0.15) is 4.31 Å². The van der Waals surface area contributed by atoms with E-state index in [0.29, 0.717) is 25.7 Å². The van der Waals surface area contributed by atoms with Crippen molar-refractivity contribution >= 4 is 10.0 Å². The number of hydrogen-bond donors (Lipinski definition) is 1. The molecule has 0 spiro atoms. The summed E-state index contributed by atoms with van der Waals surface area (Å²) in [6, 6.07) is 0.565. The topological polar surface area (TPSA) is 49.4 Å². The summed E-state index contributed by atoms with van der Waals surface area (Å²) in [5, 5.41) is 2.97. The zero-order chi connectivity index (χ0) is 12.5. The lowest BCUT2D eigenvalue weighted by Crippen LogP contribution is -2.44. The summed E-state index contributed by atoms with van der Waals surface area (Å²) in [6.45, 7) is 5.57. The van der Waals surface area contributed by atoms with Gasteiger partial charge >= 0.3 is 0 Å². The molecular weight excluding hydrogens is 236 g/mol. The van der Waals surface area contributed by atoms with Crippen LogP contribution in [0.2, 0.25) is 0 Å². The van der Waals surface area contributed by atoms with Crippen molar-refractivity contribution in [2.75, 3.05) is 19.6 Å². The van der Waals surface area contributed by atoms with Crippen LogP contribution in [0.1, 0.15) is 33.1 Å². The van der Waals surface area contributed by atoms with Crippen LogP contribution in [0.5, 0.6) is 0 Å². The Labute approximate surface area is 104 Å². The van der Waals surface area contributed by atoms with Crippen molar-refractivity contribution in [2.45, 2.75) is 44.4 Å². The van der Waals surface area contributed by atoms with E-state index in [2.05, 4.69) is 11.4 Å². The Morgan fingerprint density at radius 1 is 1.53 bits per heavy atom. The Morgan fingerprint density at radius 3 is 2.82 bits per heavy atom. The second-order valence-corrected chi connectivity index (χ2v) is 7.56. The molecule has 1 saturated carbocycles. The molecule has 1 atom stereocenters. The molecule has 98 valence electrons. The molecule has 1 unspecified atom stereocenters. The lowest BCUT2D eigenvalue weighted by molar-refractivity contribution is 0.418. The Bertz CT molecular complexity index is 399. The molecule has 0 aromatic carbocycles. The second-order valence-electron chi connectivity index (χ2n) is 5.21. The first kappa shape index (κ1) is 13.1. The highest BCUT2D eigenvalue weighted by molar-refractivity contribution is 7.89. The van der Waals surface area contributed by atoms with Crippen molar-refractivity contribution in [3.63, 3.8) is 0 Å². The average molecular weight is 258 g/mol. The molecule has 0 radical (unpaired) electrons. The fourth-order valence-corrected chi connectivity index (χ4v) is 3.63. The minimum atomic E-state index is -3.13. The van der Waals surface area contributed by atoms with Gasteiger partial charge in [-0.3, -0.25) is 0 Å². The van der Waals surface area contributed by atoms with Crippen LogP contribution in [-0.4, -0.2) is 43.6 Å². The summed E-state index contributed by atoms with van der Waals surface area (Å²) < 4.78 is 26.3. The van der Waals surface area contributed by atoms with Crippen LogP contribution in [0.4, 0.5) is 0 Å². The van der Waals surface area contributed by atoms with Crippen LogP contribution in [0.15, 0.2) is 11.6 Å². The van der Waals surface area contributed by atoms with E-state index >= 15 is 0 Å². The summed E-state index contributed by atoms with van der Waals surface area (Å²) in [5.41, 5.74) is 1.15. The maximum atomic E-state index is 12.3. The monoisotopic (exact) mass is 258 g/mol. The molecule has 5 heteroatoms. The van der Waals surface area contributed by atoms with E-state index in [1.54, 1.807) is 11.2 Å². The molecule has 2 rings (SSSR count). The average Bonchev–Trinajstić information content (AvgIpc) is 3.09. The fourth-order valence-electron chi connectivity index (χ4n) is 2.07. The zero-order valence-corrected chi connectivity index (χ0v) is 11.5. The van der Waals surface area contributed by atoms with Gasteiger partial charge in [0.1, 0.15) is 0 Å². The molecule has 1 fully saturated rings. The Kier molecular flexibility index (Phi) is 3.90. The van der Waals surface area contributed by atoms with Crippen LogP contribution in [0, 0.1) is 0 Å². The first-order valence-corrected chi connectivity index (χ1v) is 7.88. The zero-order valence-electron chi connectivity index (χ0n) is 10.6. The molecule has 0 saturated heterocycles. The molecule has 1 aliphatic carbocycles. The predicted octanol–water partition coefficient (Wildman–Crippen LogP) is 1.11. The number of nitrogens with one attached hydrogen (secondary N) is 1. The van der Waals surface area contributed by atoms with E-state index in [1.807, 2.05) is 6.92 Å². The molecule has 0 amide bonds. The Morgan fingerprint density at radius 2 is 2.24 bits per heavy atom. The molecule has 17 heavy (non-hydrogen) atoms. The largest absolute Gasteiger partial charge is 0.313 e. The van der Waals surface area contributed by atoms with Crippen molar-refractivity contribution in [3.05, 3.63) is 11.6 Å². The fraction of sp³-hybridized carbons (Fsp3) is 0.833. The molecule has 0 aromatic rings. The summed E-state index contributed by atoms with van der Waals surface area (Å²) in [4.78, 5) is 0. The van der Waals surface area contributed by atoms with E-state index in [-0.39, 0.29) is 5.25 Å². The SMILES string of the molecule is CC1=CCCN(S(=O)(=O)C(C)CNC2CC2)C1.